The monoisotopic (exact) mass is 594 g/mol. The van der Waals surface area contributed by atoms with Crippen molar-refractivity contribution >= 4 is 35.2 Å². The van der Waals surface area contributed by atoms with Crippen LogP contribution in [-0.2, 0) is 32.1 Å². The van der Waals surface area contributed by atoms with Gasteiger partial charge in [0.25, 0.3) is 5.91 Å². The van der Waals surface area contributed by atoms with Gasteiger partial charge in [0.05, 0.1) is 6.10 Å². The minimum absolute atomic E-state index is 0.0106. The average molecular weight is 595 g/mol. The van der Waals surface area contributed by atoms with Crippen molar-refractivity contribution in [3.8, 4) is 0 Å². The molecule has 0 saturated carbocycles. The van der Waals surface area contributed by atoms with Crippen molar-refractivity contribution in [1.82, 2.24) is 10.2 Å². The first-order valence-electron chi connectivity index (χ1n) is 13.5. The molecule has 0 radical (unpaired) electrons. The predicted octanol–water partition coefficient (Wildman–Crippen LogP) is 3.97. The van der Waals surface area contributed by atoms with Gasteiger partial charge in [0.1, 0.15) is 11.9 Å². The van der Waals surface area contributed by atoms with Gasteiger partial charge < -0.3 is 26.0 Å². The largest absolute Gasteiger partial charge is 0.461 e. The third kappa shape index (κ3) is 9.12. The lowest BCUT2D eigenvalue weighted by molar-refractivity contribution is -0.149. The topological polar surface area (TPSA) is 114 Å². The number of ether oxygens (including phenoxy) is 1. The number of thioether (sulfide) groups is 1. The summed E-state index contributed by atoms with van der Waals surface area (Å²) in [7, 11) is 0. The van der Waals surface area contributed by atoms with Crippen molar-refractivity contribution in [3.05, 3.63) is 65.0 Å². The minimum atomic E-state index is -1.30. The molecule has 1 aliphatic heterocycles. The van der Waals surface area contributed by atoms with Crippen LogP contribution in [0.1, 0.15) is 45.2 Å². The molecule has 0 spiro atoms. The summed E-state index contributed by atoms with van der Waals surface area (Å²) in [5.74, 6) is -3.88. The number of hydrogen-bond acceptors (Lipinski definition) is 7. The second kappa shape index (κ2) is 14.6. The minimum Gasteiger partial charge on any atom is -0.461 e. The van der Waals surface area contributed by atoms with Crippen molar-refractivity contribution in [2.75, 3.05) is 17.6 Å². The van der Waals surface area contributed by atoms with Gasteiger partial charge >= 0.3 is 5.97 Å². The van der Waals surface area contributed by atoms with Crippen molar-refractivity contribution in [2.24, 2.45) is 11.7 Å². The Morgan fingerprint density at radius 2 is 1.71 bits per heavy atom. The Morgan fingerprint density at radius 3 is 2.34 bits per heavy atom. The van der Waals surface area contributed by atoms with E-state index < -0.39 is 34.9 Å². The molecule has 3 rings (SSSR count). The summed E-state index contributed by atoms with van der Waals surface area (Å²) in [5, 5.41) is 5.31. The smallest absolute Gasteiger partial charge is 0.329 e. The lowest BCUT2D eigenvalue weighted by atomic mass is 10.0. The summed E-state index contributed by atoms with van der Waals surface area (Å²) >= 11 is 1.32. The summed E-state index contributed by atoms with van der Waals surface area (Å²) in [6.07, 6.45) is -0.553. The summed E-state index contributed by atoms with van der Waals surface area (Å²) < 4.78 is 46.0. The van der Waals surface area contributed by atoms with E-state index in [2.05, 4.69) is 10.6 Å². The zero-order chi connectivity index (χ0) is 30.3. The van der Waals surface area contributed by atoms with Crippen molar-refractivity contribution < 1.29 is 32.3 Å². The van der Waals surface area contributed by atoms with Crippen LogP contribution in [0, 0.1) is 23.4 Å². The Morgan fingerprint density at radius 1 is 1.05 bits per heavy atom. The molecule has 1 fully saturated rings. The van der Waals surface area contributed by atoms with Crippen LogP contribution in [0.25, 0.3) is 0 Å². The second-order valence-electron chi connectivity index (χ2n) is 10.6. The molecule has 1 saturated heterocycles. The average Bonchev–Trinajstić information content (AvgIpc) is 3.39. The van der Waals surface area contributed by atoms with Gasteiger partial charge in [-0.1, -0.05) is 26.0 Å². The number of nitrogens with zero attached hydrogens (tertiary/aromatic N) is 1. The Labute approximate surface area is 242 Å². The highest BCUT2D eigenvalue weighted by Crippen LogP contribution is 2.26. The molecule has 2 aromatic rings. The fourth-order valence-electron chi connectivity index (χ4n) is 4.34. The molecular formula is C29H37F3N4O4S. The van der Waals surface area contributed by atoms with Gasteiger partial charge in [-0.3, -0.25) is 9.59 Å². The maximum atomic E-state index is 14.0. The number of amides is 2. The Kier molecular flexibility index (Phi) is 11.5. The van der Waals surface area contributed by atoms with E-state index in [1.807, 2.05) is 38.1 Å². The molecule has 3 atom stereocenters. The molecule has 41 heavy (non-hydrogen) atoms. The van der Waals surface area contributed by atoms with Crippen molar-refractivity contribution in [2.45, 2.75) is 70.6 Å². The molecule has 224 valence electrons. The maximum Gasteiger partial charge on any atom is 0.329 e. The van der Waals surface area contributed by atoms with Crippen molar-refractivity contribution in [1.29, 1.82) is 0 Å². The summed E-state index contributed by atoms with van der Waals surface area (Å²) in [5.41, 5.74) is 7.46. The van der Waals surface area contributed by atoms with Gasteiger partial charge in [0.2, 0.25) is 5.91 Å². The van der Waals surface area contributed by atoms with Gasteiger partial charge in [-0.25, -0.2) is 18.0 Å². The van der Waals surface area contributed by atoms with E-state index in [1.165, 1.54) is 16.7 Å². The number of nitrogens with one attached hydrogen (secondary N) is 2. The molecule has 3 unspecified atom stereocenters. The van der Waals surface area contributed by atoms with Crippen LogP contribution < -0.4 is 16.4 Å². The van der Waals surface area contributed by atoms with Crippen LogP contribution in [0.3, 0.4) is 0 Å². The zero-order valence-electron chi connectivity index (χ0n) is 23.6. The Bertz CT molecular complexity index is 1230. The summed E-state index contributed by atoms with van der Waals surface area (Å²) in [6, 6.07) is 7.13. The number of benzene rings is 2. The molecule has 8 nitrogen and oxygen atoms in total. The van der Waals surface area contributed by atoms with Crippen LogP contribution in [0.5, 0.6) is 0 Å². The Balaban J connectivity index is 1.52. The van der Waals surface area contributed by atoms with E-state index in [0.717, 1.165) is 17.3 Å². The number of anilines is 1. The molecule has 12 heteroatoms. The van der Waals surface area contributed by atoms with E-state index in [1.54, 1.807) is 13.8 Å². The molecule has 1 aliphatic rings. The van der Waals surface area contributed by atoms with Gasteiger partial charge in [0.15, 0.2) is 17.0 Å². The predicted molar refractivity (Wildman–Crippen MR) is 152 cm³/mol. The zero-order valence-corrected chi connectivity index (χ0v) is 24.4. The maximum absolute atomic E-state index is 14.0. The van der Waals surface area contributed by atoms with Gasteiger partial charge in [-0.05, 0) is 55.5 Å². The molecule has 2 aromatic carbocycles. The van der Waals surface area contributed by atoms with Crippen LogP contribution in [0.4, 0.5) is 18.9 Å². The number of esters is 1. The number of carbonyl (C=O) groups excluding carboxylic acids is 3. The number of hydrogen-bond donors (Lipinski definition) is 3. The van der Waals surface area contributed by atoms with Gasteiger partial charge in [0, 0.05) is 43.1 Å². The third-order valence-electron chi connectivity index (χ3n) is 6.46. The first-order valence-corrected chi connectivity index (χ1v) is 14.5. The van der Waals surface area contributed by atoms with Crippen LogP contribution >= 0.6 is 11.8 Å². The van der Waals surface area contributed by atoms with E-state index >= 15 is 0 Å². The SMILES string of the molecule is CC(C)OC(=O)C(Nc1ccc(CNC(=O)C2SCCN2C(=O)CC(N)Cc2cc(F)c(F)cc2F)cc1)C(C)C. The summed E-state index contributed by atoms with van der Waals surface area (Å²) in [4.78, 5) is 39.7. The molecule has 1 heterocycles. The quantitative estimate of drug-likeness (QED) is 0.252. The molecule has 2 amide bonds. The Hall–Kier alpha value is -3.25. The molecule has 0 aromatic heterocycles. The van der Waals surface area contributed by atoms with Crippen molar-refractivity contribution in [3.63, 3.8) is 0 Å². The number of nitrogens with two attached hydrogens (primary N) is 1. The highest BCUT2D eigenvalue weighted by atomic mass is 32.2. The van der Waals surface area contributed by atoms with Crippen LogP contribution in [0.2, 0.25) is 0 Å². The van der Waals surface area contributed by atoms with Crippen LogP contribution in [-0.4, -0.2) is 58.5 Å². The highest BCUT2D eigenvalue weighted by Gasteiger charge is 2.35. The van der Waals surface area contributed by atoms with E-state index in [4.69, 9.17) is 10.5 Å². The van der Waals surface area contributed by atoms with Gasteiger partial charge in [-0.15, -0.1) is 11.8 Å². The second-order valence-corrected chi connectivity index (χ2v) is 11.8. The lowest BCUT2D eigenvalue weighted by Crippen LogP contribution is -2.46. The summed E-state index contributed by atoms with van der Waals surface area (Å²) in [6.45, 7) is 8.04. The standard InChI is InChI=1S/C29H37F3N4O4S/c1-16(2)26(29(39)40-17(3)4)35-21-7-5-18(6-8-21)15-34-27(38)28-36(9-10-41-28)25(37)13-20(33)11-19-12-23(31)24(32)14-22(19)30/h5-8,12,14,16-17,20,26,28,35H,9-11,13,15,33H2,1-4H3,(H,34,38). The normalized spacial score (nSPS) is 16.5. The number of halogens is 3. The number of rotatable bonds is 12. The first kappa shape index (κ1) is 32.3. The third-order valence-corrected chi connectivity index (χ3v) is 7.66. The molecular weight excluding hydrogens is 557 g/mol. The molecule has 4 N–H and O–H groups in total. The fourth-order valence-corrected chi connectivity index (χ4v) is 5.50. The molecule has 0 aliphatic carbocycles. The van der Waals surface area contributed by atoms with Gasteiger partial charge in [-0.2, -0.15) is 0 Å². The first-order chi connectivity index (χ1) is 19.3. The van der Waals surface area contributed by atoms with E-state index in [0.29, 0.717) is 18.4 Å². The fraction of sp³-hybridized carbons (Fsp3) is 0.483. The molecule has 0 bridgehead atoms. The van der Waals surface area contributed by atoms with Crippen LogP contribution in [0.15, 0.2) is 36.4 Å². The van der Waals surface area contributed by atoms with E-state index in [9.17, 15) is 27.6 Å². The van der Waals surface area contributed by atoms with E-state index in [-0.39, 0.29) is 54.8 Å². The number of carbonyl (C=O) groups is 3. The highest BCUT2D eigenvalue weighted by molar-refractivity contribution is 8.00. The lowest BCUT2D eigenvalue weighted by Gasteiger charge is -2.25.